The van der Waals surface area contributed by atoms with E-state index in [4.69, 9.17) is 15.0 Å². The molecule has 1 heterocycles. The van der Waals surface area contributed by atoms with Gasteiger partial charge in [-0.15, -0.1) is 0 Å². The van der Waals surface area contributed by atoms with E-state index in [0.717, 1.165) is 10.0 Å². The summed E-state index contributed by atoms with van der Waals surface area (Å²) in [6.07, 6.45) is 0.698. The van der Waals surface area contributed by atoms with Gasteiger partial charge >= 0.3 is 0 Å². The number of hydrogen-bond donors (Lipinski definition) is 1. The predicted octanol–water partition coefficient (Wildman–Crippen LogP) is 3.02. The Morgan fingerprint density at radius 1 is 1.33 bits per heavy atom. The first kappa shape index (κ1) is 16.1. The molecule has 6 heteroatoms. The van der Waals surface area contributed by atoms with Crippen LogP contribution in [0.2, 0.25) is 0 Å². The van der Waals surface area contributed by atoms with Crippen LogP contribution in [0.5, 0.6) is 0 Å². The Morgan fingerprint density at radius 2 is 2.00 bits per heavy atom. The molecule has 0 aliphatic heterocycles. The lowest BCUT2D eigenvalue weighted by molar-refractivity contribution is 0.0410. The largest absolute Gasteiger partial charge is 0.376 e. The van der Waals surface area contributed by atoms with Gasteiger partial charge in [-0.05, 0) is 38.5 Å². The molecule has 1 aromatic heterocycles. The number of hydrogen-bond acceptors (Lipinski definition) is 5. The van der Waals surface area contributed by atoms with Crippen molar-refractivity contribution >= 4 is 15.9 Å². The molecule has 0 aliphatic carbocycles. The van der Waals surface area contributed by atoms with Crippen LogP contribution in [0.3, 0.4) is 0 Å². The summed E-state index contributed by atoms with van der Waals surface area (Å²) in [6, 6.07) is 7.99. The minimum Gasteiger partial charge on any atom is -0.376 e. The Balaban J connectivity index is 2.05. The number of nitrogens with two attached hydrogens (primary N) is 1. The molecular formula is C15H20BrN3O2. The van der Waals surface area contributed by atoms with Crippen LogP contribution in [0, 0.1) is 0 Å². The van der Waals surface area contributed by atoms with Gasteiger partial charge in [-0.3, -0.25) is 0 Å². The van der Waals surface area contributed by atoms with Gasteiger partial charge in [0.2, 0.25) is 5.89 Å². The van der Waals surface area contributed by atoms with Gasteiger partial charge in [-0.2, -0.15) is 4.98 Å². The zero-order valence-corrected chi connectivity index (χ0v) is 14.1. The first-order valence-corrected chi connectivity index (χ1v) is 7.64. The Kier molecular flexibility index (Phi) is 5.13. The second kappa shape index (κ2) is 6.68. The Morgan fingerprint density at radius 3 is 2.62 bits per heavy atom. The molecule has 2 rings (SSSR count). The maximum atomic E-state index is 6.20. The van der Waals surface area contributed by atoms with Crippen LogP contribution in [0.1, 0.15) is 38.0 Å². The van der Waals surface area contributed by atoms with Crippen LogP contribution in [-0.2, 0) is 16.7 Å². The van der Waals surface area contributed by atoms with Gasteiger partial charge in [0.25, 0.3) is 0 Å². The Bertz CT molecular complexity index is 579. The lowest BCUT2D eigenvalue weighted by Crippen LogP contribution is -2.40. The number of benzene rings is 1. The molecule has 0 saturated heterocycles. The maximum absolute atomic E-state index is 6.20. The number of rotatable bonds is 6. The monoisotopic (exact) mass is 353 g/mol. The number of aromatic nitrogens is 2. The maximum Gasteiger partial charge on any atom is 0.231 e. The fraction of sp³-hybridized carbons (Fsp3) is 0.467. The van der Waals surface area contributed by atoms with Crippen LogP contribution in [-0.4, -0.2) is 22.9 Å². The van der Waals surface area contributed by atoms with E-state index in [2.05, 4.69) is 26.1 Å². The Hall–Kier alpha value is -1.24. The highest BCUT2D eigenvalue weighted by Crippen LogP contribution is 2.18. The van der Waals surface area contributed by atoms with Crippen molar-refractivity contribution in [1.29, 1.82) is 0 Å². The quantitative estimate of drug-likeness (QED) is 0.863. The van der Waals surface area contributed by atoms with E-state index in [1.165, 1.54) is 0 Å². The molecule has 0 aliphatic rings. The molecule has 114 valence electrons. The zero-order chi connectivity index (χ0) is 15.5. The summed E-state index contributed by atoms with van der Waals surface area (Å²) in [5.41, 5.74) is 6.54. The van der Waals surface area contributed by atoms with Crippen LogP contribution in [0.25, 0.3) is 0 Å². The Labute approximate surface area is 133 Å². The summed E-state index contributed by atoms with van der Waals surface area (Å²) < 4.78 is 11.9. The molecule has 0 spiro atoms. The minimum atomic E-state index is -0.758. The minimum absolute atomic E-state index is 0.113. The summed E-state index contributed by atoms with van der Waals surface area (Å²) in [6.45, 7) is 6.11. The molecule has 1 aromatic carbocycles. The van der Waals surface area contributed by atoms with Crippen molar-refractivity contribution < 1.29 is 9.26 Å². The third-order valence-electron chi connectivity index (χ3n) is 2.96. The second-order valence-electron chi connectivity index (χ2n) is 5.59. The molecule has 5 nitrogen and oxygen atoms in total. The summed E-state index contributed by atoms with van der Waals surface area (Å²) >= 11 is 3.41. The van der Waals surface area contributed by atoms with Gasteiger partial charge in [-0.1, -0.05) is 33.2 Å². The first-order valence-electron chi connectivity index (χ1n) is 6.85. The van der Waals surface area contributed by atoms with Gasteiger partial charge in [0.15, 0.2) is 5.82 Å². The highest BCUT2D eigenvalue weighted by Gasteiger charge is 2.28. The predicted molar refractivity (Wildman–Crippen MR) is 83.9 cm³/mol. The average Bonchev–Trinajstić information content (AvgIpc) is 2.89. The molecule has 2 N–H and O–H groups in total. The molecule has 1 atom stereocenters. The summed E-state index contributed by atoms with van der Waals surface area (Å²) in [5.74, 6) is 1.02. The normalized spacial score (nSPS) is 14.4. The molecule has 0 fully saturated rings. The van der Waals surface area contributed by atoms with Crippen molar-refractivity contribution in [3.63, 3.8) is 0 Å². The lowest BCUT2D eigenvalue weighted by atomic mass is 10.1. The van der Waals surface area contributed by atoms with Gasteiger partial charge in [0.05, 0.1) is 19.1 Å². The van der Waals surface area contributed by atoms with Crippen LogP contribution in [0.4, 0.5) is 0 Å². The van der Waals surface area contributed by atoms with Crippen molar-refractivity contribution in [2.45, 2.75) is 38.8 Å². The third-order valence-corrected chi connectivity index (χ3v) is 3.49. The van der Waals surface area contributed by atoms with E-state index in [0.29, 0.717) is 24.7 Å². The standard InChI is InChI=1S/C15H20BrN3O2/c1-10(2)20-9-15(3,17)14-18-13(21-19-14)8-11-4-6-12(16)7-5-11/h4-7,10H,8-9,17H2,1-3H3. The average molecular weight is 354 g/mol. The van der Waals surface area contributed by atoms with E-state index in [1.807, 2.05) is 45.0 Å². The van der Waals surface area contributed by atoms with Gasteiger partial charge < -0.3 is 15.0 Å². The zero-order valence-electron chi connectivity index (χ0n) is 12.5. The summed E-state index contributed by atoms with van der Waals surface area (Å²) in [4.78, 5) is 4.38. The molecule has 0 saturated carbocycles. The smallest absolute Gasteiger partial charge is 0.231 e. The van der Waals surface area contributed by atoms with Crippen LogP contribution in [0.15, 0.2) is 33.3 Å². The van der Waals surface area contributed by atoms with E-state index in [9.17, 15) is 0 Å². The van der Waals surface area contributed by atoms with E-state index in [1.54, 1.807) is 0 Å². The van der Waals surface area contributed by atoms with Crippen molar-refractivity contribution in [2.24, 2.45) is 5.73 Å². The number of nitrogens with zero attached hydrogens (tertiary/aromatic N) is 2. The fourth-order valence-electron chi connectivity index (χ4n) is 1.74. The van der Waals surface area contributed by atoms with Crippen LogP contribution < -0.4 is 5.73 Å². The second-order valence-corrected chi connectivity index (χ2v) is 6.51. The van der Waals surface area contributed by atoms with Crippen molar-refractivity contribution in [1.82, 2.24) is 10.1 Å². The highest BCUT2D eigenvalue weighted by atomic mass is 79.9. The van der Waals surface area contributed by atoms with Gasteiger partial charge in [-0.25, -0.2) is 0 Å². The van der Waals surface area contributed by atoms with Gasteiger partial charge in [0, 0.05) is 4.47 Å². The molecule has 0 amide bonds. The number of halogens is 1. The fourth-order valence-corrected chi connectivity index (χ4v) is 2.00. The number of ether oxygens (including phenoxy) is 1. The van der Waals surface area contributed by atoms with Crippen molar-refractivity contribution in [3.8, 4) is 0 Å². The van der Waals surface area contributed by atoms with Crippen molar-refractivity contribution in [3.05, 3.63) is 46.0 Å². The van der Waals surface area contributed by atoms with Gasteiger partial charge in [0.1, 0.15) is 5.54 Å². The lowest BCUT2D eigenvalue weighted by Gasteiger charge is -2.21. The molecule has 0 bridgehead atoms. The highest BCUT2D eigenvalue weighted by molar-refractivity contribution is 9.10. The topological polar surface area (TPSA) is 74.2 Å². The van der Waals surface area contributed by atoms with E-state index in [-0.39, 0.29) is 6.10 Å². The molecule has 0 radical (unpaired) electrons. The summed E-state index contributed by atoms with van der Waals surface area (Å²) in [7, 11) is 0. The molecule has 1 unspecified atom stereocenters. The molecule has 2 aromatic rings. The molecular weight excluding hydrogens is 334 g/mol. The van der Waals surface area contributed by atoms with Crippen molar-refractivity contribution in [2.75, 3.05) is 6.61 Å². The van der Waals surface area contributed by atoms with E-state index < -0.39 is 5.54 Å². The van der Waals surface area contributed by atoms with E-state index >= 15 is 0 Å². The third kappa shape index (κ3) is 4.62. The molecule has 21 heavy (non-hydrogen) atoms. The first-order chi connectivity index (χ1) is 9.87. The summed E-state index contributed by atoms with van der Waals surface area (Å²) in [5, 5.41) is 3.98. The SMILES string of the molecule is CC(C)OCC(C)(N)c1noc(Cc2ccc(Br)cc2)n1. The van der Waals surface area contributed by atoms with Crippen LogP contribution >= 0.6 is 15.9 Å².